The van der Waals surface area contributed by atoms with E-state index in [0.717, 1.165) is 28.3 Å². The summed E-state index contributed by atoms with van der Waals surface area (Å²) in [5.41, 5.74) is 6.28. The van der Waals surface area contributed by atoms with Gasteiger partial charge in [-0.1, -0.05) is 47.6 Å². The van der Waals surface area contributed by atoms with Gasteiger partial charge in [0.05, 0.1) is 18.0 Å². The van der Waals surface area contributed by atoms with Gasteiger partial charge < -0.3 is 5.32 Å². The van der Waals surface area contributed by atoms with Gasteiger partial charge in [0.25, 0.3) is 5.91 Å². The summed E-state index contributed by atoms with van der Waals surface area (Å²) in [4.78, 5) is 16.6. The van der Waals surface area contributed by atoms with E-state index in [9.17, 15) is 4.79 Å². The molecule has 0 fully saturated rings. The molecule has 4 aromatic rings. The van der Waals surface area contributed by atoms with Crippen molar-refractivity contribution in [1.29, 1.82) is 0 Å². The minimum atomic E-state index is -0.452. The number of nitrogens with zero attached hydrogens (tertiary/aromatic N) is 5. The second-order valence-electron chi connectivity index (χ2n) is 7.66. The topological polar surface area (TPSA) is 97.1 Å². The largest absolute Gasteiger partial charge is 0.378 e. The molecule has 0 aliphatic heterocycles. The molecule has 2 aromatic heterocycles. The summed E-state index contributed by atoms with van der Waals surface area (Å²) in [6.07, 6.45) is 4.90. The Morgan fingerprint density at radius 2 is 2.00 bits per heavy atom. The minimum absolute atomic E-state index is 0.241. The number of halogens is 1. The molecule has 2 N–H and O–H groups in total. The number of pyridine rings is 1. The lowest BCUT2D eigenvalue weighted by molar-refractivity contribution is -0.120. The van der Waals surface area contributed by atoms with Crippen LogP contribution in [0, 0.1) is 6.92 Å². The van der Waals surface area contributed by atoms with Gasteiger partial charge in [-0.3, -0.25) is 14.3 Å². The fraction of sp³-hybridized carbons (Fsp3) is 0.160. The molecule has 0 aliphatic carbocycles. The zero-order valence-electron chi connectivity index (χ0n) is 19.2. The van der Waals surface area contributed by atoms with Crippen LogP contribution in [0.2, 0.25) is 5.02 Å². The predicted octanol–water partition coefficient (Wildman–Crippen LogP) is 4.87. The summed E-state index contributed by atoms with van der Waals surface area (Å²) < 4.78 is 1.95. The van der Waals surface area contributed by atoms with Crippen LogP contribution in [-0.2, 0) is 11.3 Å². The van der Waals surface area contributed by atoms with Crippen molar-refractivity contribution in [2.45, 2.75) is 30.8 Å². The number of nitrogens with one attached hydrogen (secondary N) is 2. The number of hydrazone groups is 1. The smallest absolute Gasteiger partial charge is 0.253 e. The maximum atomic E-state index is 12.6. The Morgan fingerprint density at radius 1 is 1.17 bits per heavy atom. The van der Waals surface area contributed by atoms with Crippen molar-refractivity contribution < 1.29 is 4.79 Å². The Kier molecular flexibility index (Phi) is 8.12. The molecular weight excluding hydrogens is 482 g/mol. The van der Waals surface area contributed by atoms with Crippen LogP contribution in [0.15, 0.2) is 83.3 Å². The van der Waals surface area contributed by atoms with E-state index in [-0.39, 0.29) is 5.91 Å². The van der Waals surface area contributed by atoms with Crippen molar-refractivity contribution in [3.8, 4) is 5.69 Å². The number of carbonyl (C=O) groups excluding carboxylic acids is 1. The highest BCUT2D eigenvalue weighted by Gasteiger charge is 2.21. The van der Waals surface area contributed by atoms with Crippen LogP contribution in [0.5, 0.6) is 0 Å². The molecule has 10 heteroatoms. The van der Waals surface area contributed by atoms with Crippen LogP contribution in [0.25, 0.3) is 5.69 Å². The van der Waals surface area contributed by atoms with Gasteiger partial charge in [0, 0.05) is 34.4 Å². The Bertz CT molecular complexity index is 1310. The number of benzene rings is 2. The molecule has 1 atom stereocenters. The number of amides is 1. The molecule has 0 saturated carbocycles. The Balaban J connectivity index is 1.49. The number of anilines is 1. The molecule has 0 bridgehead atoms. The summed E-state index contributed by atoms with van der Waals surface area (Å²) in [6, 6.07) is 19.2. The highest BCUT2D eigenvalue weighted by molar-refractivity contribution is 8.00. The predicted molar refractivity (Wildman–Crippen MR) is 140 cm³/mol. The maximum absolute atomic E-state index is 12.6. The molecule has 0 aliphatic rings. The molecule has 1 amide bonds. The van der Waals surface area contributed by atoms with Crippen molar-refractivity contribution >= 4 is 41.2 Å². The van der Waals surface area contributed by atoms with Crippen molar-refractivity contribution in [2.24, 2.45) is 5.10 Å². The highest BCUT2D eigenvalue weighted by Crippen LogP contribution is 2.27. The van der Waals surface area contributed by atoms with E-state index in [0.29, 0.717) is 16.7 Å². The number of rotatable bonds is 9. The van der Waals surface area contributed by atoms with Gasteiger partial charge in [-0.25, -0.2) is 5.43 Å². The zero-order chi connectivity index (χ0) is 24.6. The SMILES string of the molecule is Cc1cc(Cl)ccc1NCc1nnc(SC(C)C(=O)N/N=C/c2cccnc2)n1-c1ccccc1. The van der Waals surface area contributed by atoms with Crippen LogP contribution in [0.1, 0.15) is 23.9 Å². The van der Waals surface area contributed by atoms with E-state index in [1.54, 1.807) is 31.6 Å². The molecule has 4 rings (SSSR count). The number of carbonyl (C=O) groups is 1. The summed E-state index contributed by atoms with van der Waals surface area (Å²) in [5.74, 6) is 0.476. The van der Waals surface area contributed by atoms with Gasteiger partial charge in [-0.05, 0) is 55.8 Å². The summed E-state index contributed by atoms with van der Waals surface area (Å²) >= 11 is 7.39. The minimum Gasteiger partial charge on any atom is -0.378 e. The second-order valence-corrected chi connectivity index (χ2v) is 9.41. The van der Waals surface area contributed by atoms with Gasteiger partial charge >= 0.3 is 0 Å². The van der Waals surface area contributed by atoms with E-state index >= 15 is 0 Å². The molecule has 0 radical (unpaired) electrons. The fourth-order valence-corrected chi connectivity index (χ4v) is 4.36. The van der Waals surface area contributed by atoms with Crippen molar-refractivity contribution in [3.63, 3.8) is 0 Å². The van der Waals surface area contributed by atoms with Gasteiger partial charge in [-0.2, -0.15) is 5.10 Å². The third-order valence-corrected chi connectivity index (χ3v) is 6.34. The van der Waals surface area contributed by atoms with Crippen LogP contribution >= 0.6 is 23.4 Å². The molecule has 35 heavy (non-hydrogen) atoms. The summed E-state index contributed by atoms with van der Waals surface area (Å²) in [6.45, 7) is 4.24. The standard InChI is InChI=1S/C25H24ClN7OS/c1-17-13-20(26)10-11-22(17)28-16-23-30-32-25(33(23)21-8-4-3-5-9-21)35-18(2)24(34)31-29-15-19-7-6-12-27-14-19/h3-15,18,28H,16H2,1-2H3,(H,31,34)/b29-15+. The molecule has 2 aromatic carbocycles. The van der Waals surface area contributed by atoms with Gasteiger partial charge in [-0.15, -0.1) is 10.2 Å². The molecule has 2 heterocycles. The average molecular weight is 506 g/mol. The Hall–Kier alpha value is -3.69. The molecule has 178 valence electrons. The second kappa shape index (κ2) is 11.6. The number of aryl methyl sites for hydroxylation is 1. The van der Waals surface area contributed by atoms with Crippen molar-refractivity contribution in [1.82, 2.24) is 25.2 Å². The van der Waals surface area contributed by atoms with Crippen LogP contribution in [0.4, 0.5) is 5.69 Å². The monoisotopic (exact) mass is 505 g/mol. The molecule has 8 nitrogen and oxygen atoms in total. The average Bonchev–Trinajstić information content (AvgIpc) is 3.26. The van der Waals surface area contributed by atoms with E-state index in [1.165, 1.54) is 11.8 Å². The number of hydrogen-bond acceptors (Lipinski definition) is 7. The highest BCUT2D eigenvalue weighted by atomic mass is 35.5. The lowest BCUT2D eigenvalue weighted by atomic mass is 10.2. The van der Waals surface area contributed by atoms with Gasteiger partial charge in [0.15, 0.2) is 11.0 Å². The van der Waals surface area contributed by atoms with Gasteiger partial charge in [0.2, 0.25) is 0 Å². The lowest BCUT2D eigenvalue weighted by Gasteiger charge is -2.14. The number of aromatic nitrogens is 4. The van der Waals surface area contributed by atoms with E-state index in [4.69, 9.17) is 11.6 Å². The number of hydrogen-bond donors (Lipinski definition) is 2. The normalized spacial score (nSPS) is 12.0. The van der Waals surface area contributed by atoms with Crippen LogP contribution < -0.4 is 10.7 Å². The number of thioether (sulfide) groups is 1. The quantitative estimate of drug-likeness (QED) is 0.191. The first kappa shape index (κ1) is 24.4. The maximum Gasteiger partial charge on any atom is 0.253 e. The first-order valence-corrected chi connectivity index (χ1v) is 12.2. The molecule has 1 unspecified atom stereocenters. The first-order valence-electron chi connectivity index (χ1n) is 10.9. The van der Waals surface area contributed by atoms with E-state index in [2.05, 4.69) is 31.0 Å². The fourth-order valence-electron chi connectivity index (χ4n) is 3.25. The molecule has 0 saturated heterocycles. The lowest BCUT2D eigenvalue weighted by Crippen LogP contribution is -2.27. The first-order chi connectivity index (χ1) is 17.0. The summed E-state index contributed by atoms with van der Waals surface area (Å²) in [7, 11) is 0. The zero-order valence-corrected chi connectivity index (χ0v) is 20.8. The third kappa shape index (κ3) is 6.46. The Labute approximate surface area is 212 Å². The van der Waals surface area contributed by atoms with E-state index in [1.807, 2.05) is 66.1 Å². The molecule has 0 spiro atoms. The summed E-state index contributed by atoms with van der Waals surface area (Å²) in [5, 5.41) is 17.1. The van der Waals surface area contributed by atoms with Crippen molar-refractivity contribution in [3.05, 3.63) is 95.0 Å². The van der Waals surface area contributed by atoms with Crippen LogP contribution in [-0.4, -0.2) is 37.1 Å². The van der Waals surface area contributed by atoms with E-state index < -0.39 is 5.25 Å². The number of para-hydroxylation sites is 1. The molecular formula is C25H24ClN7OS. The van der Waals surface area contributed by atoms with Gasteiger partial charge in [0.1, 0.15) is 0 Å². The third-order valence-electron chi connectivity index (χ3n) is 5.06. The Morgan fingerprint density at radius 3 is 2.74 bits per heavy atom. The van der Waals surface area contributed by atoms with Crippen LogP contribution in [0.3, 0.4) is 0 Å². The van der Waals surface area contributed by atoms with Crippen molar-refractivity contribution in [2.75, 3.05) is 5.32 Å².